The fourth-order valence-electron chi connectivity index (χ4n) is 0.905. The van der Waals surface area contributed by atoms with E-state index in [1.54, 1.807) is 0 Å². The maximum absolute atomic E-state index is 7.56. The van der Waals surface area contributed by atoms with Gasteiger partial charge in [0.1, 0.15) is 5.82 Å². The Kier molecular flexibility index (Phi) is 22.6. The van der Waals surface area contributed by atoms with Crippen LogP contribution in [0.15, 0.2) is 6.07 Å². The molecule has 1 aromatic heterocycles. The maximum Gasteiger partial charge on any atom is 0.319 e. The molecule has 1 aromatic rings. The molecular weight excluding hydrogens is 410 g/mol. The van der Waals surface area contributed by atoms with Gasteiger partial charge in [-0.1, -0.05) is 27.7 Å². The first kappa shape index (κ1) is 32.6. The Morgan fingerprint density at radius 3 is 1.48 bits per heavy atom. The van der Waals surface area contributed by atoms with Crippen LogP contribution >= 0.6 is 13.4 Å². The van der Waals surface area contributed by atoms with Crippen molar-refractivity contribution in [2.75, 3.05) is 6.61 Å². The molecule has 0 saturated heterocycles. The van der Waals surface area contributed by atoms with Gasteiger partial charge in [0.15, 0.2) is 0 Å². The quantitative estimate of drug-likeness (QED) is 0.373. The van der Waals surface area contributed by atoms with Crippen LogP contribution < -0.4 is 4.74 Å². The second-order valence-electron chi connectivity index (χ2n) is 4.06. The van der Waals surface area contributed by atoms with Gasteiger partial charge in [0, 0.05) is 11.8 Å². The highest BCUT2D eigenvalue weighted by molar-refractivity contribution is 8.06. The lowest BCUT2D eigenvalue weighted by atomic mass is 10.4. The highest BCUT2D eigenvalue weighted by Crippen LogP contribution is 2.26. The third-order valence-corrected chi connectivity index (χ3v) is 1.23. The first-order valence-corrected chi connectivity index (χ1v) is 12.0. The molecule has 6 N–H and O–H groups in total. The van der Waals surface area contributed by atoms with Crippen LogP contribution in [0.5, 0.6) is 5.88 Å². The molecular formula is C12H30N2O7P2S2. The van der Waals surface area contributed by atoms with Crippen LogP contribution in [0.1, 0.15) is 46.1 Å². The topological polar surface area (TPSA) is 156 Å². The van der Waals surface area contributed by atoms with Crippen molar-refractivity contribution in [2.45, 2.75) is 48.5 Å². The molecule has 0 aliphatic heterocycles. The van der Waals surface area contributed by atoms with Gasteiger partial charge in [0.2, 0.25) is 5.88 Å². The van der Waals surface area contributed by atoms with Crippen LogP contribution in [0, 0.1) is 13.8 Å². The number of aryl methyl sites for hydroxylation is 2. The Bertz CT molecular complexity index is 481. The molecule has 1 rings (SSSR count). The van der Waals surface area contributed by atoms with E-state index in [4.69, 9.17) is 34.1 Å². The van der Waals surface area contributed by atoms with E-state index >= 15 is 0 Å². The van der Waals surface area contributed by atoms with Gasteiger partial charge in [-0.05, 0) is 44.4 Å². The molecule has 0 atom stereocenters. The van der Waals surface area contributed by atoms with Crippen molar-refractivity contribution in [3.8, 4) is 5.88 Å². The number of ether oxygens (including phenoxy) is 1. The molecule has 0 saturated carbocycles. The van der Waals surface area contributed by atoms with Crippen molar-refractivity contribution in [1.82, 2.24) is 9.97 Å². The number of rotatable bonds is 2. The summed E-state index contributed by atoms with van der Waals surface area (Å²) in [5.74, 6) is 1.42. The predicted molar refractivity (Wildman–Crippen MR) is 107 cm³/mol. The highest BCUT2D eigenvalue weighted by atomic mass is 32.5. The largest absolute Gasteiger partial charge is 0.478 e. The fourth-order valence-corrected chi connectivity index (χ4v) is 0.905. The summed E-state index contributed by atoms with van der Waals surface area (Å²) >= 11 is 7.21. The second kappa shape index (κ2) is 17.4. The summed E-state index contributed by atoms with van der Waals surface area (Å²) < 4.78 is 5.22. The maximum atomic E-state index is 7.56. The summed E-state index contributed by atoms with van der Waals surface area (Å²) in [6, 6.07) is 1.83. The average molecular weight is 440 g/mol. The molecule has 0 aliphatic carbocycles. The minimum absolute atomic E-state index is 0. The highest BCUT2D eigenvalue weighted by Gasteiger charge is 1.97. The fraction of sp³-hybridized carbons (Fsp3) is 0.667. The first-order valence-electron chi connectivity index (χ1n) is 6.65. The zero-order chi connectivity index (χ0) is 20.0. The van der Waals surface area contributed by atoms with Crippen LogP contribution in [0.25, 0.3) is 0 Å². The lowest BCUT2D eigenvalue weighted by molar-refractivity contribution is 0.325. The monoisotopic (exact) mass is 440 g/mol. The van der Waals surface area contributed by atoms with Crippen molar-refractivity contribution in [3.05, 3.63) is 17.6 Å². The van der Waals surface area contributed by atoms with E-state index in [-0.39, 0.29) is 7.43 Å². The molecule has 25 heavy (non-hydrogen) atoms. The van der Waals surface area contributed by atoms with E-state index in [2.05, 4.69) is 47.4 Å². The molecule has 13 heteroatoms. The summed E-state index contributed by atoms with van der Waals surface area (Å²) in [6.45, 7) is 3.01. The third-order valence-electron chi connectivity index (χ3n) is 1.23. The molecule has 0 fully saturated rings. The van der Waals surface area contributed by atoms with Gasteiger partial charge >= 0.3 is 13.4 Å². The lowest BCUT2D eigenvalue weighted by Gasteiger charge is -2.02. The van der Waals surface area contributed by atoms with Crippen LogP contribution in [0.3, 0.4) is 0 Å². The summed E-state index contributed by atoms with van der Waals surface area (Å²) in [6.07, 6.45) is 1.25. The minimum Gasteiger partial charge on any atom is -0.478 e. The van der Waals surface area contributed by atoms with E-state index in [9.17, 15) is 0 Å². The Balaban J connectivity index is -0.000000134. The van der Waals surface area contributed by atoms with Crippen LogP contribution in [-0.2, 0) is 23.6 Å². The van der Waals surface area contributed by atoms with Gasteiger partial charge in [0.25, 0.3) is 0 Å². The molecule has 0 bridgehead atoms. The SMILES string of the molecule is C.CCC.CCOc1cc(C)nc(C)n1.OP(O)(O)=S.OP(O)(O)=S. The molecule has 0 aliphatic rings. The van der Waals surface area contributed by atoms with Crippen LogP contribution in [0.4, 0.5) is 0 Å². The summed E-state index contributed by atoms with van der Waals surface area (Å²) in [5, 5.41) is 0. The Morgan fingerprint density at radius 1 is 0.920 bits per heavy atom. The predicted octanol–water partition coefficient (Wildman–Crippen LogP) is 1.92. The molecule has 1 heterocycles. The molecule has 0 spiro atoms. The normalized spacial score (nSPS) is 9.72. The smallest absolute Gasteiger partial charge is 0.319 e. The zero-order valence-corrected chi connectivity index (χ0v) is 17.6. The molecule has 0 amide bonds. The van der Waals surface area contributed by atoms with E-state index in [1.807, 2.05) is 26.8 Å². The van der Waals surface area contributed by atoms with Gasteiger partial charge in [0.05, 0.1) is 6.61 Å². The standard InChI is InChI=1S/C8H12N2O.C3H8.CH4.2H3O3PS/c1-4-11-8-5-6(2)9-7(3)10-8;1-3-2;;2*1-4(2,3)5/h5H,4H2,1-3H3;3H2,1-2H3;1H4;2*(H3,1,2,3,5). The van der Waals surface area contributed by atoms with Crippen LogP contribution in [-0.4, -0.2) is 45.9 Å². The van der Waals surface area contributed by atoms with Gasteiger partial charge < -0.3 is 34.1 Å². The third kappa shape index (κ3) is 51.6. The van der Waals surface area contributed by atoms with Crippen molar-refractivity contribution >= 4 is 37.1 Å². The van der Waals surface area contributed by atoms with Crippen molar-refractivity contribution in [1.29, 1.82) is 0 Å². The first-order chi connectivity index (χ1) is 10.6. The average Bonchev–Trinajstić information content (AvgIpc) is 2.23. The summed E-state index contributed by atoms with van der Waals surface area (Å²) in [4.78, 5) is 53.6. The van der Waals surface area contributed by atoms with Gasteiger partial charge in [-0.25, -0.2) is 4.98 Å². The summed E-state index contributed by atoms with van der Waals surface area (Å²) in [7, 11) is 0. The number of hydrogen-bond donors (Lipinski definition) is 6. The van der Waals surface area contributed by atoms with E-state index in [0.717, 1.165) is 11.5 Å². The zero-order valence-electron chi connectivity index (χ0n) is 14.2. The summed E-state index contributed by atoms with van der Waals surface area (Å²) in [5.41, 5.74) is 0.945. The molecule has 0 radical (unpaired) electrons. The molecule has 0 aromatic carbocycles. The number of nitrogens with zero attached hydrogens (tertiary/aromatic N) is 2. The van der Waals surface area contributed by atoms with E-state index < -0.39 is 13.4 Å². The van der Waals surface area contributed by atoms with Gasteiger partial charge in [-0.2, -0.15) is 4.98 Å². The second-order valence-corrected chi connectivity index (χ2v) is 9.05. The van der Waals surface area contributed by atoms with Crippen molar-refractivity contribution in [3.63, 3.8) is 0 Å². The van der Waals surface area contributed by atoms with Crippen molar-refractivity contribution < 1.29 is 34.1 Å². The van der Waals surface area contributed by atoms with E-state index in [1.165, 1.54) is 6.42 Å². The Hall–Kier alpha value is -0.0600. The van der Waals surface area contributed by atoms with Crippen molar-refractivity contribution in [2.24, 2.45) is 0 Å². The minimum atomic E-state index is -3.81. The molecule has 152 valence electrons. The molecule has 0 unspecified atom stereocenters. The lowest BCUT2D eigenvalue weighted by Crippen LogP contribution is -1.98. The number of aromatic nitrogens is 2. The Morgan fingerprint density at radius 2 is 1.24 bits per heavy atom. The van der Waals surface area contributed by atoms with Gasteiger partial charge in [-0.15, -0.1) is 0 Å². The van der Waals surface area contributed by atoms with E-state index in [0.29, 0.717) is 12.5 Å². The molecule has 9 nitrogen and oxygen atoms in total. The number of hydrogen-bond acceptors (Lipinski definition) is 5. The van der Waals surface area contributed by atoms with Gasteiger partial charge in [-0.3, -0.25) is 0 Å². The Labute approximate surface area is 159 Å². The van der Waals surface area contributed by atoms with Crippen LogP contribution in [0.2, 0.25) is 0 Å².